The third kappa shape index (κ3) is 3.34. The van der Waals surface area contributed by atoms with E-state index in [0.29, 0.717) is 0 Å². The molecular weight excluding hydrogens is 339 g/mol. The minimum Gasteiger partial charge on any atom is -0.352 e. The van der Waals surface area contributed by atoms with Crippen molar-refractivity contribution in [3.8, 4) is 5.69 Å². The molecule has 0 saturated carbocycles. The van der Waals surface area contributed by atoms with Gasteiger partial charge in [-0.1, -0.05) is 19.1 Å². The molecular formula is C19H22ClFN4. The van der Waals surface area contributed by atoms with E-state index in [4.69, 9.17) is 5.10 Å². The van der Waals surface area contributed by atoms with Crippen LogP contribution < -0.4 is 4.90 Å². The third-order valence-corrected chi connectivity index (χ3v) is 4.76. The molecule has 0 aliphatic carbocycles. The Kier molecular flexibility index (Phi) is 5.25. The second kappa shape index (κ2) is 7.42. The highest BCUT2D eigenvalue weighted by molar-refractivity contribution is 5.91. The summed E-state index contributed by atoms with van der Waals surface area (Å²) in [4.78, 5) is 4.81. The highest BCUT2D eigenvalue weighted by Crippen LogP contribution is 2.29. The van der Waals surface area contributed by atoms with Gasteiger partial charge in [0.05, 0.1) is 11.2 Å². The number of piperazine rings is 1. The normalized spacial score (nSPS) is 15.4. The molecule has 6 heteroatoms. The maximum atomic E-state index is 13.2. The lowest BCUT2D eigenvalue weighted by Gasteiger charge is -2.34. The van der Waals surface area contributed by atoms with Crippen LogP contribution in [0.5, 0.6) is 0 Å². The Hall–Kier alpha value is -2.11. The van der Waals surface area contributed by atoms with Crippen LogP contribution >= 0.6 is 12.4 Å². The van der Waals surface area contributed by atoms with E-state index in [0.717, 1.165) is 55.1 Å². The molecule has 1 fully saturated rings. The summed E-state index contributed by atoms with van der Waals surface area (Å²) in [5, 5.41) is 6.01. The molecule has 3 aromatic rings. The monoisotopic (exact) mass is 360 g/mol. The van der Waals surface area contributed by atoms with Gasteiger partial charge in [0.2, 0.25) is 0 Å². The van der Waals surface area contributed by atoms with Crippen molar-refractivity contribution in [3.63, 3.8) is 0 Å². The minimum absolute atomic E-state index is 0. The van der Waals surface area contributed by atoms with Gasteiger partial charge in [-0.3, -0.25) is 0 Å². The summed E-state index contributed by atoms with van der Waals surface area (Å²) in [6.07, 6.45) is 0. The molecule has 132 valence electrons. The van der Waals surface area contributed by atoms with Crippen molar-refractivity contribution < 1.29 is 4.39 Å². The zero-order chi connectivity index (χ0) is 16.5. The number of anilines is 1. The van der Waals surface area contributed by atoms with Gasteiger partial charge in [-0.2, -0.15) is 0 Å². The van der Waals surface area contributed by atoms with Gasteiger partial charge in [0.25, 0.3) is 0 Å². The molecule has 25 heavy (non-hydrogen) atoms. The summed E-state index contributed by atoms with van der Waals surface area (Å²) in [5.41, 5.74) is 1.93. The smallest absolute Gasteiger partial charge is 0.159 e. The molecule has 0 atom stereocenters. The van der Waals surface area contributed by atoms with Crippen LogP contribution in [0.1, 0.15) is 6.92 Å². The fraction of sp³-hybridized carbons (Fsp3) is 0.316. The quantitative estimate of drug-likeness (QED) is 0.711. The topological polar surface area (TPSA) is 24.3 Å². The predicted molar refractivity (Wildman–Crippen MR) is 103 cm³/mol. The van der Waals surface area contributed by atoms with Crippen molar-refractivity contribution in [1.82, 2.24) is 14.7 Å². The highest BCUT2D eigenvalue weighted by atomic mass is 35.5. The van der Waals surface area contributed by atoms with E-state index in [1.807, 2.05) is 16.8 Å². The molecule has 1 saturated heterocycles. The molecule has 0 amide bonds. The summed E-state index contributed by atoms with van der Waals surface area (Å²) in [7, 11) is 0. The van der Waals surface area contributed by atoms with E-state index >= 15 is 0 Å². The standard InChI is InChI=1S/C19H21FN4.ClH/c1-2-22-11-13-23(14-12-22)19-17-5-3-4-6-18(17)24(21-19)16-9-7-15(20)8-10-16;/h3-10H,2,11-14H2,1H3;1H. The van der Waals surface area contributed by atoms with Crippen LogP contribution in [0.4, 0.5) is 10.2 Å². The van der Waals surface area contributed by atoms with Crippen molar-refractivity contribution in [3.05, 3.63) is 54.3 Å². The molecule has 0 unspecified atom stereocenters. The van der Waals surface area contributed by atoms with Gasteiger partial charge < -0.3 is 9.80 Å². The number of hydrogen-bond acceptors (Lipinski definition) is 3. The summed E-state index contributed by atoms with van der Waals surface area (Å²) in [5.74, 6) is 0.789. The first-order valence-corrected chi connectivity index (χ1v) is 8.47. The number of likely N-dealkylation sites (N-methyl/N-ethyl adjacent to an activating group) is 1. The number of hydrogen-bond donors (Lipinski definition) is 0. The first-order valence-electron chi connectivity index (χ1n) is 8.47. The van der Waals surface area contributed by atoms with Crippen molar-refractivity contribution in [1.29, 1.82) is 0 Å². The van der Waals surface area contributed by atoms with Gasteiger partial charge in [-0.25, -0.2) is 9.07 Å². The summed E-state index contributed by atoms with van der Waals surface area (Å²) in [6.45, 7) is 7.39. The Balaban J connectivity index is 0.00000182. The number of fused-ring (bicyclic) bond motifs is 1. The Morgan fingerprint density at radius 1 is 0.960 bits per heavy atom. The van der Waals surface area contributed by atoms with E-state index in [1.54, 1.807) is 12.1 Å². The van der Waals surface area contributed by atoms with Gasteiger partial charge in [0.15, 0.2) is 5.82 Å². The van der Waals surface area contributed by atoms with Crippen LogP contribution in [0.3, 0.4) is 0 Å². The van der Waals surface area contributed by atoms with Gasteiger partial charge in [0.1, 0.15) is 5.82 Å². The van der Waals surface area contributed by atoms with Gasteiger partial charge in [-0.15, -0.1) is 17.5 Å². The lowest BCUT2D eigenvalue weighted by atomic mass is 10.2. The third-order valence-electron chi connectivity index (χ3n) is 4.76. The van der Waals surface area contributed by atoms with Gasteiger partial charge in [-0.05, 0) is 42.9 Å². The Morgan fingerprint density at radius 2 is 1.64 bits per heavy atom. The first kappa shape index (κ1) is 17.7. The van der Waals surface area contributed by atoms with Crippen molar-refractivity contribution >= 4 is 29.1 Å². The second-order valence-electron chi connectivity index (χ2n) is 6.15. The molecule has 2 heterocycles. The lowest BCUT2D eigenvalue weighted by Crippen LogP contribution is -2.46. The van der Waals surface area contributed by atoms with Crippen LogP contribution in [0, 0.1) is 5.82 Å². The molecule has 4 nitrogen and oxygen atoms in total. The maximum absolute atomic E-state index is 13.2. The summed E-state index contributed by atoms with van der Waals surface area (Å²) < 4.78 is 15.2. The van der Waals surface area contributed by atoms with Crippen LogP contribution in [-0.2, 0) is 0 Å². The molecule has 4 rings (SSSR count). The van der Waals surface area contributed by atoms with E-state index in [-0.39, 0.29) is 18.2 Å². The summed E-state index contributed by atoms with van der Waals surface area (Å²) >= 11 is 0. The van der Waals surface area contributed by atoms with Crippen molar-refractivity contribution in [2.24, 2.45) is 0 Å². The second-order valence-corrected chi connectivity index (χ2v) is 6.15. The van der Waals surface area contributed by atoms with E-state index < -0.39 is 0 Å². The van der Waals surface area contributed by atoms with Gasteiger partial charge >= 0.3 is 0 Å². The molecule has 0 radical (unpaired) electrons. The molecule has 2 aromatic carbocycles. The average molecular weight is 361 g/mol. The molecule has 1 aliphatic rings. The minimum atomic E-state index is -0.230. The SMILES string of the molecule is CCN1CCN(c2nn(-c3ccc(F)cc3)c3ccccc23)CC1.Cl. The van der Waals surface area contributed by atoms with E-state index in [9.17, 15) is 4.39 Å². The number of benzene rings is 2. The fourth-order valence-corrected chi connectivity index (χ4v) is 3.34. The lowest BCUT2D eigenvalue weighted by molar-refractivity contribution is 0.270. The number of para-hydroxylation sites is 1. The van der Waals surface area contributed by atoms with Crippen molar-refractivity contribution in [2.75, 3.05) is 37.6 Å². The molecule has 1 aromatic heterocycles. The van der Waals surface area contributed by atoms with Crippen LogP contribution in [0.15, 0.2) is 48.5 Å². The molecule has 1 aliphatic heterocycles. The Morgan fingerprint density at radius 3 is 2.32 bits per heavy atom. The van der Waals surface area contributed by atoms with E-state index in [2.05, 4.69) is 28.9 Å². The Labute approximate surface area is 153 Å². The molecule has 0 spiro atoms. The number of nitrogens with zero attached hydrogens (tertiary/aromatic N) is 4. The van der Waals surface area contributed by atoms with Crippen molar-refractivity contribution in [2.45, 2.75) is 6.92 Å². The first-order chi connectivity index (χ1) is 11.8. The predicted octanol–water partition coefficient (Wildman–Crippen LogP) is 3.73. The highest BCUT2D eigenvalue weighted by Gasteiger charge is 2.21. The fourth-order valence-electron chi connectivity index (χ4n) is 3.34. The maximum Gasteiger partial charge on any atom is 0.159 e. The number of rotatable bonds is 3. The average Bonchev–Trinajstić information content (AvgIpc) is 3.02. The van der Waals surface area contributed by atoms with Crippen LogP contribution in [-0.4, -0.2) is 47.4 Å². The Bertz CT molecular complexity index is 838. The van der Waals surface area contributed by atoms with Crippen LogP contribution in [0.25, 0.3) is 16.6 Å². The van der Waals surface area contributed by atoms with Gasteiger partial charge in [0, 0.05) is 31.6 Å². The van der Waals surface area contributed by atoms with Crippen LogP contribution in [0.2, 0.25) is 0 Å². The number of aromatic nitrogens is 2. The largest absolute Gasteiger partial charge is 0.352 e. The zero-order valence-electron chi connectivity index (χ0n) is 14.2. The number of halogens is 2. The van der Waals surface area contributed by atoms with E-state index in [1.165, 1.54) is 12.1 Å². The molecule has 0 bridgehead atoms. The summed E-state index contributed by atoms with van der Waals surface area (Å²) in [6, 6.07) is 14.7. The zero-order valence-corrected chi connectivity index (χ0v) is 15.0. The molecule has 0 N–H and O–H groups in total.